The van der Waals surface area contributed by atoms with Crippen molar-refractivity contribution in [2.45, 2.75) is 6.54 Å². The molecule has 0 fully saturated rings. The number of nitrogens with zero attached hydrogens (tertiary/aromatic N) is 3. The van der Waals surface area contributed by atoms with Crippen molar-refractivity contribution in [1.82, 2.24) is 19.9 Å². The summed E-state index contributed by atoms with van der Waals surface area (Å²) in [6.45, 7) is 0.269. The molecule has 2 N–H and O–H groups in total. The van der Waals surface area contributed by atoms with Crippen LogP contribution in [0.15, 0.2) is 59.5 Å². The molecule has 30 heavy (non-hydrogen) atoms. The molecule has 0 bridgehead atoms. The number of nitriles is 1. The summed E-state index contributed by atoms with van der Waals surface area (Å²) in [5.74, 6) is -0.554. The van der Waals surface area contributed by atoms with Crippen LogP contribution in [0, 0.1) is 11.3 Å². The van der Waals surface area contributed by atoms with Crippen LogP contribution in [-0.2, 0) is 6.54 Å². The van der Waals surface area contributed by atoms with Gasteiger partial charge in [-0.05, 0) is 23.8 Å². The highest BCUT2D eigenvalue weighted by molar-refractivity contribution is 6.36. The molecule has 0 atom stereocenters. The molecule has 0 radical (unpaired) electrons. The van der Waals surface area contributed by atoms with Gasteiger partial charge in [0.15, 0.2) is 5.65 Å². The molecule has 0 aliphatic rings. The molecular weight excluding hydrogens is 425 g/mol. The van der Waals surface area contributed by atoms with E-state index in [0.29, 0.717) is 10.6 Å². The van der Waals surface area contributed by atoms with Gasteiger partial charge in [0.1, 0.15) is 22.9 Å². The third-order valence-electron chi connectivity index (χ3n) is 4.50. The number of benzene rings is 2. The van der Waals surface area contributed by atoms with Crippen molar-refractivity contribution in [2.75, 3.05) is 0 Å². The molecule has 0 unspecified atom stereocenters. The summed E-state index contributed by atoms with van der Waals surface area (Å²) < 4.78 is 0.996. The number of hydrogen-bond donors (Lipinski definition) is 2. The molecule has 148 valence electrons. The molecule has 0 saturated heterocycles. The van der Waals surface area contributed by atoms with E-state index in [1.165, 1.54) is 12.3 Å². The van der Waals surface area contributed by atoms with Crippen molar-refractivity contribution in [2.24, 2.45) is 0 Å². The number of carbonyl (C=O) groups excluding carboxylic acids is 1. The van der Waals surface area contributed by atoms with Crippen LogP contribution in [0.25, 0.3) is 16.9 Å². The van der Waals surface area contributed by atoms with Gasteiger partial charge >= 0.3 is 0 Å². The van der Waals surface area contributed by atoms with E-state index in [1.807, 2.05) is 36.4 Å². The number of nitrogens with one attached hydrogen (secondary N) is 2. The van der Waals surface area contributed by atoms with E-state index in [4.69, 9.17) is 23.2 Å². The zero-order chi connectivity index (χ0) is 21.3. The molecule has 1 amide bonds. The topological polar surface area (TPSA) is 103 Å². The monoisotopic (exact) mass is 437 g/mol. The minimum absolute atomic E-state index is 0.126. The Kier molecular flexibility index (Phi) is 5.27. The molecule has 2 aromatic carbocycles. The number of aromatic amines is 1. The molecule has 0 aliphatic carbocycles. The Balaban J connectivity index is 1.75. The van der Waals surface area contributed by atoms with Crippen molar-refractivity contribution < 1.29 is 4.79 Å². The van der Waals surface area contributed by atoms with Gasteiger partial charge in [-0.1, -0.05) is 53.5 Å². The smallest absolute Gasteiger partial charge is 0.287 e. The Morgan fingerprint density at radius 2 is 1.97 bits per heavy atom. The standard InChI is InChI=1S/C21H13Cl2N5O2/c22-13-6-7-14(17(23)8-13)18-15(9-24)19-25-11-16(21(30)28(19)27-18)20(29)26-10-12-4-2-1-3-5-12/h1-8,11,25H,10H2,(H,26,29). The van der Waals surface area contributed by atoms with E-state index < -0.39 is 11.5 Å². The number of amides is 1. The van der Waals surface area contributed by atoms with Crippen LogP contribution in [0.5, 0.6) is 0 Å². The van der Waals surface area contributed by atoms with Crippen molar-refractivity contribution >= 4 is 34.8 Å². The summed E-state index contributed by atoms with van der Waals surface area (Å²) in [6, 6.07) is 16.1. The summed E-state index contributed by atoms with van der Waals surface area (Å²) >= 11 is 12.2. The van der Waals surface area contributed by atoms with Crippen molar-refractivity contribution in [1.29, 1.82) is 5.26 Å². The molecular formula is C21H13Cl2N5O2. The van der Waals surface area contributed by atoms with Crippen molar-refractivity contribution in [3.05, 3.63) is 91.8 Å². The predicted molar refractivity (Wildman–Crippen MR) is 114 cm³/mol. The number of rotatable bonds is 4. The van der Waals surface area contributed by atoms with Gasteiger partial charge in [-0.2, -0.15) is 14.9 Å². The Bertz CT molecular complexity index is 1370. The first kappa shape index (κ1) is 19.7. The second kappa shape index (κ2) is 8.03. The Morgan fingerprint density at radius 1 is 1.20 bits per heavy atom. The number of carbonyl (C=O) groups is 1. The van der Waals surface area contributed by atoms with Crippen LogP contribution in [0.1, 0.15) is 21.5 Å². The summed E-state index contributed by atoms with van der Waals surface area (Å²) in [5, 5.41) is 17.3. The van der Waals surface area contributed by atoms with Gasteiger partial charge in [0.05, 0.1) is 5.02 Å². The number of H-pyrrole nitrogens is 1. The maximum Gasteiger partial charge on any atom is 0.287 e. The molecule has 0 spiro atoms. The molecule has 2 aromatic heterocycles. The summed E-state index contributed by atoms with van der Waals surface area (Å²) in [5.41, 5.74) is 1.09. The molecule has 0 aliphatic heterocycles. The lowest BCUT2D eigenvalue weighted by atomic mass is 10.1. The highest BCUT2D eigenvalue weighted by Gasteiger charge is 2.21. The minimum atomic E-state index is -0.651. The molecule has 0 saturated carbocycles. The number of hydrogen-bond acceptors (Lipinski definition) is 4. The number of aromatic nitrogens is 3. The second-order valence-corrected chi connectivity index (χ2v) is 7.24. The van der Waals surface area contributed by atoms with E-state index >= 15 is 0 Å². The van der Waals surface area contributed by atoms with E-state index in [0.717, 1.165) is 10.1 Å². The van der Waals surface area contributed by atoms with E-state index in [9.17, 15) is 14.9 Å². The van der Waals surface area contributed by atoms with Crippen LogP contribution >= 0.6 is 23.2 Å². The lowest BCUT2D eigenvalue weighted by Crippen LogP contribution is -2.31. The first-order valence-electron chi connectivity index (χ1n) is 8.81. The maximum absolute atomic E-state index is 12.9. The molecule has 2 heterocycles. The fourth-order valence-corrected chi connectivity index (χ4v) is 3.52. The normalized spacial score (nSPS) is 10.7. The second-order valence-electron chi connectivity index (χ2n) is 6.40. The Labute approximate surface area is 180 Å². The minimum Gasteiger partial charge on any atom is -0.348 e. The van der Waals surface area contributed by atoms with Gasteiger partial charge in [-0.3, -0.25) is 9.59 Å². The predicted octanol–water partition coefficient (Wildman–Crippen LogP) is 3.80. The van der Waals surface area contributed by atoms with Gasteiger partial charge in [-0.15, -0.1) is 0 Å². The van der Waals surface area contributed by atoms with Crippen molar-refractivity contribution in [3.8, 4) is 17.3 Å². The zero-order valence-electron chi connectivity index (χ0n) is 15.3. The van der Waals surface area contributed by atoms with Gasteiger partial charge in [0, 0.05) is 23.3 Å². The number of halogens is 2. The lowest BCUT2D eigenvalue weighted by Gasteiger charge is -2.05. The van der Waals surface area contributed by atoms with Crippen LogP contribution in [0.2, 0.25) is 10.0 Å². The Morgan fingerprint density at radius 3 is 2.67 bits per heavy atom. The fraction of sp³-hybridized carbons (Fsp3) is 0.0476. The first-order chi connectivity index (χ1) is 14.5. The molecule has 4 rings (SSSR count). The largest absolute Gasteiger partial charge is 0.348 e. The molecule has 7 nitrogen and oxygen atoms in total. The number of fused-ring (bicyclic) bond motifs is 1. The highest BCUT2D eigenvalue weighted by Crippen LogP contribution is 2.32. The van der Waals surface area contributed by atoms with Crippen LogP contribution < -0.4 is 10.9 Å². The third-order valence-corrected chi connectivity index (χ3v) is 5.05. The zero-order valence-corrected chi connectivity index (χ0v) is 16.8. The molecule has 9 heteroatoms. The molecule has 4 aromatic rings. The third kappa shape index (κ3) is 3.54. The van der Waals surface area contributed by atoms with E-state index in [2.05, 4.69) is 15.4 Å². The van der Waals surface area contributed by atoms with E-state index in [-0.39, 0.29) is 34.0 Å². The van der Waals surface area contributed by atoms with Gasteiger partial charge in [-0.25, -0.2) is 0 Å². The lowest BCUT2D eigenvalue weighted by molar-refractivity contribution is 0.0948. The van der Waals surface area contributed by atoms with Gasteiger partial charge < -0.3 is 10.3 Å². The highest BCUT2D eigenvalue weighted by atomic mass is 35.5. The first-order valence-corrected chi connectivity index (χ1v) is 9.57. The van der Waals surface area contributed by atoms with Crippen LogP contribution in [0.4, 0.5) is 0 Å². The Hall–Kier alpha value is -3.60. The quantitative estimate of drug-likeness (QED) is 0.506. The average Bonchev–Trinajstić information content (AvgIpc) is 3.12. The van der Waals surface area contributed by atoms with Crippen LogP contribution in [-0.4, -0.2) is 20.5 Å². The van der Waals surface area contributed by atoms with Crippen LogP contribution in [0.3, 0.4) is 0 Å². The van der Waals surface area contributed by atoms with Crippen molar-refractivity contribution in [3.63, 3.8) is 0 Å². The van der Waals surface area contributed by atoms with E-state index in [1.54, 1.807) is 12.1 Å². The maximum atomic E-state index is 12.9. The van der Waals surface area contributed by atoms with Gasteiger partial charge in [0.2, 0.25) is 0 Å². The average molecular weight is 438 g/mol. The summed E-state index contributed by atoms with van der Waals surface area (Å²) in [7, 11) is 0. The fourth-order valence-electron chi connectivity index (χ4n) is 3.03. The summed E-state index contributed by atoms with van der Waals surface area (Å²) in [4.78, 5) is 28.2. The summed E-state index contributed by atoms with van der Waals surface area (Å²) in [6.07, 6.45) is 1.27. The SMILES string of the molecule is N#Cc1c(-c2ccc(Cl)cc2Cl)nn2c(=O)c(C(=O)NCc3ccccc3)c[nH]c12. The van der Waals surface area contributed by atoms with Gasteiger partial charge in [0.25, 0.3) is 11.5 Å².